The van der Waals surface area contributed by atoms with Gasteiger partial charge in [-0.2, -0.15) is 0 Å². The van der Waals surface area contributed by atoms with Gasteiger partial charge in [0.15, 0.2) is 5.78 Å². The number of fused-ring (bicyclic) bond motifs is 3. The Kier molecular flexibility index (Phi) is 3.81. The second-order valence-electron chi connectivity index (χ2n) is 7.50. The number of amides is 1. The molecule has 0 aromatic heterocycles. The standard InChI is InChI=1S/C24H19NO4/c1-2-29-22(27)20-19(24(20)17-9-5-6-10-18(17)25-23(24)28)21(26)16-12-11-14-7-3-4-8-15(14)13-16/h3-13,19-20H,2H2,1H3,(H,25,28)/t19-,20-,24+/m1/s1. The number of carbonyl (C=O) groups excluding carboxylic acids is 3. The highest BCUT2D eigenvalue weighted by molar-refractivity contribution is 6.20. The summed E-state index contributed by atoms with van der Waals surface area (Å²) in [6, 6.07) is 20.5. The topological polar surface area (TPSA) is 72.5 Å². The fourth-order valence-electron chi connectivity index (χ4n) is 4.74. The van der Waals surface area contributed by atoms with E-state index in [4.69, 9.17) is 4.74 Å². The lowest BCUT2D eigenvalue weighted by molar-refractivity contribution is -0.146. The van der Waals surface area contributed by atoms with Crippen molar-refractivity contribution in [1.82, 2.24) is 0 Å². The second-order valence-corrected chi connectivity index (χ2v) is 7.50. The Bertz CT molecular complexity index is 1180. The number of nitrogens with one attached hydrogen (secondary N) is 1. The first-order valence-corrected chi connectivity index (χ1v) is 9.69. The molecule has 0 unspecified atom stereocenters. The van der Waals surface area contributed by atoms with Crippen LogP contribution in [-0.4, -0.2) is 24.3 Å². The summed E-state index contributed by atoms with van der Waals surface area (Å²) in [5, 5.41) is 4.81. The number of ketones is 1. The summed E-state index contributed by atoms with van der Waals surface area (Å²) in [6.45, 7) is 1.92. The molecule has 1 aliphatic heterocycles. The Hall–Kier alpha value is -3.47. The summed E-state index contributed by atoms with van der Waals surface area (Å²) in [7, 11) is 0. The number of hydrogen-bond acceptors (Lipinski definition) is 4. The predicted molar refractivity (Wildman–Crippen MR) is 109 cm³/mol. The van der Waals surface area contributed by atoms with Crippen LogP contribution < -0.4 is 5.32 Å². The summed E-state index contributed by atoms with van der Waals surface area (Å²) >= 11 is 0. The summed E-state index contributed by atoms with van der Waals surface area (Å²) in [5.41, 5.74) is 0.658. The highest BCUT2D eigenvalue weighted by atomic mass is 16.5. The van der Waals surface area contributed by atoms with Crippen molar-refractivity contribution in [2.75, 3.05) is 11.9 Å². The van der Waals surface area contributed by atoms with E-state index in [9.17, 15) is 14.4 Å². The first kappa shape index (κ1) is 17.6. The fourth-order valence-corrected chi connectivity index (χ4v) is 4.74. The minimum atomic E-state index is -1.19. The van der Waals surface area contributed by atoms with E-state index >= 15 is 0 Å². The maximum absolute atomic E-state index is 13.5. The van der Waals surface area contributed by atoms with Gasteiger partial charge in [0.1, 0.15) is 5.41 Å². The Morgan fingerprint density at radius 1 is 0.966 bits per heavy atom. The quantitative estimate of drug-likeness (QED) is 0.549. The number of hydrogen-bond donors (Lipinski definition) is 1. The summed E-state index contributed by atoms with van der Waals surface area (Å²) in [5.74, 6) is -2.61. The zero-order chi connectivity index (χ0) is 20.2. The van der Waals surface area contributed by atoms with Crippen LogP contribution in [-0.2, 0) is 19.7 Å². The number of rotatable bonds is 4. The lowest BCUT2D eigenvalue weighted by Crippen LogP contribution is -2.26. The number of Topliss-reactive ketones (excluding diaryl/α,β-unsaturated/α-hetero) is 1. The Morgan fingerprint density at radius 2 is 1.69 bits per heavy atom. The molecule has 5 rings (SSSR count). The molecule has 5 heteroatoms. The van der Waals surface area contributed by atoms with E-state index in [1.165, 1.54) is 0 Å². The van der Waals surface area contributed by atoms with Crippen molar-refractivity contribution in [3.8, 4) is 0 Å². The number of ether oxygens (including phenoxy) is 1. The van der Waals surface area contributed by atoms with Crippen molar-refractivity contribution >= 4 is 34.1 Å². The molecule has 2 aliphatic rings. The van der Waals surface area contributed by atoms with Gasteiger partial charge in [0.2, 0.25) is 5.91 Å². The predicted octanol–water partition coefficient (Wildman–Crippen LogP) is 3.72. The smallest absolute Gasteiger partial charge is 0.311 e. The van der Waals surface area contributed by atoms with Crippen LogP contribution in [0.15, 0.2) is 66.7 Å². The van der Waals surface area contributed by atoms with E-state index in [1.807, 2.05) is 54.6 Å². The minimum Gasteiger partial charge on any atom is -0.466 e. The van der Waals surface area contributed by atoms with Crippen molar-refractivity contribution < 1.29 is 19.1 Å². The van der Waals surface area contributed by atoms with Gasteiger partial charge in [0, 0.05) is 11.3 Å². The van der Waals surface area contributed by atoms with Gasteiger partial charge in [0.05, 0.1) is 18.4 Å². The Labute approximate surface area is 167 Å². The molecular formula is C24H19NO4. The van der Waals surface area contributed by atoms with Crippen LogP contribution in [0.3, 0.4) is 0 Å². The molecule has 0 bridgehead atoms. The van der Waals surface area contributed by atoms with Crippen LogP contribution in [0.5, 0.6) is 0 Å². The molecule has 3 aromatic rings. The van der Waals surface area contributed by atoms with Crippen molar-refractivity contribution in [3.05, 3.63) is 77.9 Å². The molecule has 5 nitrogen and oxygen atoms in total. The average molecular weight is 385 g/mol. The molecule has 1 fully saturated rings. The highest BCUT2D eigenvalue weighted by Crippen LogP contribution is 2.66. The molecule has 1 amide bonds. The van der Waals surface area contributed by atoms with Crippen LogP contribution in [0, 0.1) is 11.8 Å². The van der Waals surface area contributed by atoms with Crippen molar-refractivity contribution in [2.45, 2.75) is 12.3 Å². The summed E-state index contributed by atoms with van der Waals surface area (Å²) in [6.07, 6.45) is 0. The van der Waals surface area contributed by atoms with Gasteiger partial charge in [-0.05, 0) is 35.4 Å². The SMILES string of the molecule is CCOC(=O)[C@H]1[C@H](C(=O)c2ccc3ccccc3c2)[C@]12C(=O)Nc1ccccc12. The van der Waals surface area contributed by atoms with Gasteiger partial charge in [-0.15, -0.1) is 0 Å². The molecule has 0 saturated heterocycles. The van der Waals surface area contributed by atoms with E-state index in [0.29, 0.717) is 16.8 Å². The van der Waals surface area contributed by atoms with Gasteiger partial charge in [0.25, 0.3) is 0 Å². The fraction of sp³-hybridized carbons (Fsp3) is 0.208. The van der Waals surface area contributed by atoms with Gasteiger partial charge in [-0.3, -0.25) is 14.4 Å². The zero-order valence-electron chi connectivity index (χ0n) is 15.8. The third-order valence-electron chi connectivity index (χ3n) is 6.06. The number of para-hydroxylation sites is 1. The maximum Gasteiger partial charge on any atom is 0.311 e. The third-order valence-corrected chi connectivity index (χ3v) is 6.06. The lowest BCUT2D eigenvalue weighted by Gasteiger charge is -2.09. The van der Waals surface area contributed by atoms with Crippen molar-refractivity contribution in [1.29, 1.82) is 0 Å². The van der Waals surface area contributed by atoms with E-state index in [1.54, 1.807) is 19.1 Å². The largest absolute Gasteiger partial charge is 0.466 e. The first-order chi connectivity index (χ1) is 14.1. The molecule has 3 aromatic carbocycles. The maximum atomic E-state index is 13.5. The number of anilines is 1. The van der Waals surface area contributed by atoms with Gasteiger partial charge in [-0.25, -0.2) is 0 Å². The normalized spacial score (nSPS) is 24.2. The molecule has 1 spiro atoms. The monoisotopic (exact) mass is 385 g/mol. The van der Waals surface area contributed by atoms with E-state index in [0.717, 1.165) is 10.8 Å². The average Bonchev–Trinajstić information content (AvgIpc) is 3.36. The van der Waals surface area contributed by atoms with Crippen molar-refractivity contribution in [3.63, 3.8) is 0 Å². The highest BCUT2D eigenvalue weighted by Gasteiger charge is 2.79. The van der Waals surface area contributed by atoms with Crippen molar-refractivity contribution in [2.24, 2.45) is 11.8 Å². The van der Waals surface area contributed by atoms with Crippen LogP contribution in [0.1, 0.15) is 22.8 Å². The summed E-state index contributed by atoms with van der Waals surface area (Å²) < 4.78 is 5.23. The summed E-state index contributed by atoms with van der Waals surface area (Å²) in [4.78, 5) is 39.2. The van der Waals surface area contributed by atoms with Gasteiger partial charge >= 0.3 is 5.97 Å². The Morgan fingerprint density at radius 3 is 2.48 bits per heavy atom. The first-order valence-electron chi connectivity index (χ1n) is 9.69. The number of benzene rings is 3. The van der Waals surface area contributed by atoms with Crippen LogP contribution >= 0.6 is 0 Å². The molecule has 1 aliphatic carbocycles. The van der Waals surface area contributed by atoms with Gasteiger partial charge < -0.3 is 10.1 Å². The van der Waals surface area contributed by atoms with Crippen LogP contribution in [0.2, 0.25) is 0 Å². The molecule has 29 heavy (non-hydrogen) atoms. The van der Waals surface area contributed by atoms with E-state index in [2.05, 4.69) is 5.32 Å². The molecule has 1 saturated carbocycles. The van der Waals surface area contributed by atoms with E-state index in [-0.39, 0.29) is 18.3 Å². The number of esters is 1. The van der Waals surface area contributed by atoms with Gasteiger partial charge in [-0.1, -0.05) is 54.6 Å². The second kappa shape index (κ2) is 6.27. The minimum absolute atomic E-state index is 0.200. The van der Waals surface area contributed by atoms with Crippen LogP contribution in [0.4, 0.5) is 5.69 Å². The zero-order valence-corrected chi connectivity index (χ0v) is 15.8. The molecule has 1 heterocycles. The molecule has 3 atom stereocenters. The Balaban J connectivity index is 1.61. The van der Waals surface area contributed by atoms with Crippen LogP contribution in [0.25, 0.3) is 10.8 Å². The third kappa shape index (κ3) is 2.37. The lowest BCUT2D eigenvalue weighted by atomic mass is 9.90. The number of carbonyl (C=O) groups is 3. The molecule has 1 N–H and O–H groups in total. The molecule has 0 radical (unpaired) electrons. The molecular weight excluding hydrogens is 366 g/mol. The molecule has 144 valence electrons. The van der Waals surface area contributed by atoms with E-state index < -0.39 is 23.2 Å².